The lowest BCUT2D eigenvalue weighted by Crippen LogP contribution is -2.20. The number of halogens is 1. The average molecular weight is 395 g/mol. The first-order chi connectivity index (χ1) is 12.1. The van der Waals surface area contributed by atoms with Crippen molar-refractivity contribution in [2.45, 2.75) is 49.7 Å². The van der Waals surface area contributed by atoms with Gasteiger partial charge >= 0.3 is 0 Å². The van der Waals surface area contributed by atoms with Crippen LogP contribution in [-0.4, -0.2) is 10.4 Å². The zero-order chi connectivity index (χ0) is 17.8. The topological polar surface area (TPSA) is 33.4 Å². The van der Waals surface area contributed by atoms with E-state index in [9.17, 15) is 5.11 Å². The van der Waals surface area contributed by atoms with Crippen molar-refractivity contribution in [1.82, 2.24) is 0 Å². The van der Waals surface area contributed by atoms with Crippen molar-refractivity contribution in [3.63, 3.8) is 0 Å². The van der Waals surface area contributed by atoms with Crippen molar-refractivity contribution < 1.29 is 9.52 Å². The maximum absolute atomic E-state index is 9.73. The van der Waals surface area contributed by atoms with Crippen molar-refractivity contribution in [2.24, 2.45) is 5.92 Å². The van der Waals surface area contributed by atoms with E-state index in [0.717, 1.165) is 47.8 Å². The Hall–Kier alpha value is -0.970. The van der Waals surface area contributed by atoms with E-state index in [1.807, 2.05) is 42.8 Å². The number of rotatable bonds is 5. The fourth-order valence-corrected chi connectivity index (χ4v) is 6.47. The van der Waals surface area contributed by atoms with Crippen LogP contribution in [0.3, 0.4) is 0 Å². The van der Waals surface area contributed by atoms with E-state index >= 15 is 0 Å². The zero-order valence-electron chi connectivity index (χ0n) is 14.5. The molecule has 2 unspecified atom stereocenters. The Morgan fingerprint density at radius 2 is 2.08 bits per heavy atom. The summed E-state index contributed by atoms with van der Waals surface area (Å²) >= 11 is 6.30. The molecule has 0 radical (unpaired) electrons. The van der Waals surface area contributed by atoms with Crippen molar-refractivity contribution in [2.75, 3.05) is 0 Å². The first-order valence-electron chi connectivity index (χ1n) is 8.53. The summed E-state index contributed by atoms with van der Waals surface area (Å²) in [5.74, 6) is 2.46. The molecule has 2 atom stereocenters. The molecular weight excluding hydrogens is 372 g/mol. The third kappa shape index (κ3) is 4.81. The average Bonchev–Trinajstić information content (AvgIpc) is 2.93. The molecule has 2 nitrogen and oxygen atoms in total. The molecule has 0 aliphatic heterocycles. The van der Waals surface area contributed by atoms with Gasteiger partial charge in [0.1, 0.15) is 11.5 Å². The van der Waals surface area contributed by atoms with Crippen LogP contribution in [0.4, 0.5) is 0 Å². The highest BCUT2D eigenvalue weighted by Gasteiger charge is 2.27. The van der Waals surface area contributed by atoms with Gasteiger partial charge in [0, 0.05) is 10.3 Å². The van der Waals surface area contributed by atoms with E-state index in [1.165, 1.54) is 16.7 Å². The highest BCUT2D eigenvalue weighted by Crippen LogP contribution is 2.46. The van der Waals surface area contributed by atoms with Gasteiger partial charge in [-0.25, -0.2) is 0 Å². The van der Waals surface area contributed by atoms with Crippen LogP contribution in [0.25, 0.3) is 0 Å². The summed E-state index contributed by atoms with van der Waals surface area (Å²) in [5, 5.41) is 10.9. The largest absolute Gasteiger partial charge is 0.516 e. The molecule has 25 heavy (non-hydrogen) atoms. The second-order valence-electron chi connectivity index (χ2n) is 6.59. The minimum absolute atomic E-state index is 0.354. The Labute approximate surface area is 162 Å². The van der Waals surface area contributed by atoms with Gasteiger partial charge in [-0.3, -0.25) is 0 Å². The molecule has 1 aliphatic carbocycles. The van der Waals surface area contributed by atoms with Gasteiger partial charge in [0.05, 0.1) is 11.2 Å². The minimum atomic E-state index is 0.354. The summed E-state index contributed by atoms with van der Waals surface area (Å²) in [5.41, 5.74) is 2.34. The van der Waals surface area contributed by atoms with Gasteiger partial charge in [0.25, 0.3) is 0 Å². The molecule has 3 rings (SSSR count). The molecule has 1 N–H and O–H groups in total. The highest BCUT2D eigenvalue weighted by atomic mass is 35.5. The highest BCUT2D eigenvalue weighted by molar-refractivity contribution is 8.77. The fraction of sp³-hybridized carbons (Fsp3) is 0.400. The fourth-order valence-electron chi connectivity index (χ4n) is 3.33. The lowest BCUT2D eigenvalue weighted by atomic mass is 9.82. The molecular formula is C20H23ClO2S2. The Morgan fingerprint density at radius 3 is 2.76 bits per heavy atom. The summed E-state index contributed by atoms with van der Waals surface area (Å²) in [6.45, 7) is 3.97. The van der Waals surface area contributed by atoms with Crippen LogP contribution in [-0.2, 0) is 6.42 Å². The van der Waals surface area contributed by atoms with Crippen LogP contribution < -0.4 is 0 Å². The quantitative estimate of drug-likeness (QED) is 0.431. The van der Waals surface area contributed by atoms with Gasteiger partial charge in [0.15, 0.2) is 0 Å². The first kappa shape index (κ1) is 18.8. The molecule has 2 aromatic rings. The Bertz CT molecular complexity index is 754. The molecule has 1 fully saturated rings. The van der Waals surface area contributed by atoms with Crippen LogP contribution in [0.15, 0.2) is 51.5 Å². The molecule has 0 amide bonds. The standard InChI is InChI=1S/C20H23ClO2S2/c1-13-9-20(14(2)23-13)25-24-19-8-7-15(11-17(19)12-22)10-16-5-3-4-6-18(16)21/h3-6,9,12,15,19,22H,7-8,10-11H2,1-2H3/b17-12-. The van der Waals surface area contributed by atoms with Crippen LogP contribution >= 0.6 is 33.2 Å². The number of aliphatic hydroxyl groups is 1. The van der Waals surface area contributed by atoms with Gasteiger partial charge < -0.3 is 9.52 Å². The molecule has 1 saturated carbocycles. The SMILES string of the molecule is Cc1cc(SSC2CCC(Cc3ccccc3Cl)C/C2=C/O)c(C)o1. The van der Waals surface area contributed by atoms with Crippen LogP contribution in [0.1, 0.15) is 36.3 Å². The van der Waals surface area contributed by atoms with E-state index < -0.39 is 0 Å². The Morgan fingerprint density at radius 1 is 1.28 bits per heavy atom. The molecule has 1 heterocycles. The Kier molecular flexibility index (Phi) is 6.48. The number of furan rings is 1. The van der Waals surface area contributed by atoms with Gasteiger partial charge in [-0.15, -0.1) is 0 Å². The van der Waals surface area contributed by atoms with E-state index in [4.69, 9.17) is 16.0 Å². The molecule has 0 bridgehead atoms. The molecule has 1 aromatic carbocycles. The van der Waals surface area contributed by atoms with Gasteiger partial charge in [-0.2, -0.15) is 0 Å². The van der Waals surface area contributed by atoms with Gasteiger partial charge in [-0.1, -0.05) is 51.4 Å². The van der Waals surface area contributed by atoms with E-state index in [0.29, 0.717) is 11.2 Å². The lowest BCUT2D eigenvalue weighted by molar-refractivity contribution is 0.396. The smallest absolute Gasteiger partial charge is 0.115 e. The number of benzene rings is 1. The summed E-state index contributed by atoms with van der Waals surface area (Å²) in [6.07, 6.45) is 5.47. The molecule has 1 aromatic heterocycles. The number of aliphatic hydroxyl groups excluding tert-OH is 1. The maximum Gasteiger partial charge on any atom is 0.115 e. The molecule has 134 valence electrons. The maximum atomic E-state index is 9.73. The first-order valence-corrected chi connectivity index (χ1v) is 11.1. The zero-order valence-corrected chi connectivity index (χ0v) is 16.9. The minimum Gasteiger partial charge on any atom is -0.516 e. The predicted octanol–water partition coefficient (Wildman–Crippen LogP) is 7.14. The summed E-state index contributed by atoms with van der Waals surface area (Å²) in [7, 11) is 3.58. The second-order valence-corrected chi connectivity index (χ2v) is 9.45. The summed E-state index contributed by atoms with van der Waals surface area (Å²) in [4.78, 5) is 1.18. The lowest BCUT2D eigenvalue weighted by Gasteiger charge is -2.30. The van der Waals surface area contributed by atoms with Crippen LogP contribution in [0.2, 0.25) is 5.02 Å². The van der Waals surface area contributed by atoms with Gasteiger partial charge in [-0.05, 0) is 68.7 Å². The van der Waals surface area contributed by atoms with E-state index in [2.05, 4.69) is 12.1 Å². The van der Waals surface area contributed by atoms with E-state index in [-0.39, 0.29) is 0 Å². The van der Waals surface area contributed by atoms with Crippen LogP contribution in [0, 0.1) is 19.8 Å². The molecule has 0 spiro atoms. The third-order valence-electron chi connectivity index (χ3n) is 4.66. The number of aryl methyl sites for hydroxylation is 2. The molecule has 5 heteroatoms. The number of hydrogen-bond donors (Lipinski definition) is 1. The van der Waals surface area contributed by atoms with Crippen molar-refractivity contribution in [3.05, 3.63) is 64.3 Å². The van der Waals surface area contributed by atoms with Crippen molar-refractivity contribution in [1.29, 1.82) is 0 Å². The normalized spacial score (nSPS) is 22.4. The van der Waals surface area contributed by atoms with Gasteiger partial charge in [0.2, 0.25) is 0 Å². The molecule has 1 aliphatic rings. The third-order valence-corrected chi connectivity index (χ3v) is 8.00. The summed E-state index contributed by atoms with van der Waals surface area (Å²) in [6, 6.07) is 10.1. The number of hydrogen-bond acceptors (Lipinski definition) is 4. The van der Waals surface area contributed by atoms with Crippen molar-refractivity contribution in [3.8, 4) is 0 Å². The second kappa shape index (κ2) is 8.61. The van der Waals surface area contributed by atoms with E-state index in [1.54, 1.807) is 10.8 Å². The monoisotopic (exact) mass is 394 g/mol. The van der Waals surface area contributed by atoms with Crippen LogP contribution in [0.5, 0.6) is 0 Å². The summed E-state index contributed by atoms with van der Waals surface area (Å²) < 4.78 is 5.59. The molecule has 0 saturated heterocycles. The predicted molar refractivity (Wildman–Crippen MR) is 109 cm³/mol. The van der Waals surface area contributed by atoms with Crippen molar-refractivity contribution >= 4 is 33.2 Å². The Balaban J connectivity index is 1.58.